The van der Waals surface area contributed by atoms with Crippen LogP contribution in [0.5, 0.6) is 0 Å². The molecule has 5 heteroatoms. The molecule has 0 saturated heterocycles. The molecule has 100 valence electrons. The van der Waals surface area contributed by atoms with Crippen molar-refractivity contribution in [2.45, 2.75) is 0 Å². The number of para-hydroxylation sites is 1. The van der Waals surface area contributed by atoms with E-state index in [2.05, 4.69) is 5.10 Å². The van der Waals surface area contributed by atoms with Gasteiger partial charge in [-0.3, -0.25) is 0 Å². The summed E-state index contributed by atoms with van der Waals surface area (Å²) in [6.07, 6.45) is 3.42. The zero-order valence-electron chi connectivity index (χ0n) is 10.4. The van der Waals surface area contributed by atoms with E-state index in [9.17, 15) is 4.39 Å². The predicted molar refractivity (Wildman–Crippen MR) is 78.4 cm³/mol. The van der Waals surface area contributed by atoms with Gasteiger partial charge in [0.1, 0.15) is 5.82 Å². The standard InChI is InChI=1S/C15H11ClFN3/c16-14-7-11(17)6-13(15(14)18)10-8-19-20(9-10)12-4-2-1-3-5-12/h1-9H,18H2. The van der Waals surface area contributed by atoms with Crippen molar-refractivity contribution < 1.29 is 4.39 Å². The number of rotatable bonds is 2. The van der Waals surface area contributed by atoms with Crippen molar-refractivity contribution >= 4 is 17.3 Å². The summed E-state index contributed by atoms with van der Waals surface area (Å²) in [5.41, 5.74) is 8.41. The molecule has 0 aliphatic heterocycles. The van der Waals surface area contributed by atoms with E-state index in [0.717, 1.165) is 5.69 Å². The minimum atomic E-state index is -0.424. The van der Waals surface area contributed by atoms with Gasteiger partial charge in [-0.1, -0.05) is 29.8 Å². The van der Waals surface area contributed by atoms with Crippen LogP contribution in [0.25, 0.3) is 16.8 Å². The zero-order valence-corrected chi connectivity index (χ0v) is 11.2. The van der Waals surface area contributed by atoms with Crippen molar-refractivity contribution in [2.24, 2.45) is 0 Å². The van der Waals surface area contributed by atoms with Crippen molar-refractivity contribution in [1.29, 1.82) is 0 Å². The first-order valence-corrected chi connectivity index (χ1v) is 6.38. The Balaban J connectivity index is 2.07. The quantitative estimate of drug-likeness (QED) is 0.726. The van der Waals surface area contributed by atoms with Gasteiger partial charge in [0, 0.05) is 17.3 Å². The summed E-state index contributed by atoms with van der Waals surface area (Å²) in [4.78, 5) is 0. The Kier molecular flexibility index (Phi) is 3.16. The van der Waals surface area contributed by atoms with Gasteiger partial charge in [0.2, 0.25) is 0 Å². The van der Waals surface area contributed by atoms with Crippen LogP contribution in [0.4, 0.5) is 10.1 Å². The molecule has 0 atom stereocenters. The minimum absolute atomic E-state index is 0.201. The van der Waals surface area contributed by atoms with E-state index in [-0.39, 0.29) is 5.02 Å². The Labute approximate surface area is 120 Å². The van der Waals surface area contributed by atoms with Gasteiger partial charge >= 0.3 is 0 Å². The first-order chi connectivity index (χ1) is 9.65. The van der Waals surface area contributed by atoms with E-state index in [4.69, 9.17) is 17.3 Å². The summed E-state index contributed by atoms with van der Waals surface area (Å²) < 4.78 is 15.2. The van der Waals surface area contributed by atoms with Gasteiger partial charge in [0.25, 0.3) is 0 Å². The first-order valence-electron chi connectivity index (χ1n) is 6.00. The third kappa shape index (κ3) is 2.26. The van der Waals surface area contributed by atoms with Crippen LogP contribution in [0, 0.1) is 5.82 Å². The predicted octanol–water partition coefficient (Wildman–Crippen LogP) is 3.91. The molecule has 1 heterocycles. The van der Waals surface area contributed by atoms with Crippen molar-refractivity contribution in [1.82, 2.24) is 9.78 Å². The molecule has 0 aliphatic carbocycles. The third-order valence-electron chi connectivity index (χ3n) is 3.01. The Bertz CT molecular complexity index is 753. The number of nitrogens with two attached hydrogens (primary N) is 1. The fourth-order valence-corrected chi connectivity index (χ4v) is 2.21. The number of benzene rings is 2. The average molecular weight is 288 g/mol. The van der Waals surface area contributed by atoms with E-state index in [0.29, 0.717) is 16.8 Å². The maximum atomic E-state index is 13.5. The third-order valence-corrected chi connectivity index (χ3v) is 3.32. The van der Waals surface area contributed by atoms with E-state index in [1.54, 1.807) is 17.1 Å². The molecule has 0 saturated carbocycles. The van der Waals surface area contributed by atoms with Crippen LogP contribution in [0.15, 0.2) is 54.9 Å². The second-order valence-corrected chi connectivity index (χ2v) is 4.77. The van der Waals surface area contributed by atoms with Gasteiger partial charge in [0.05, 0.1) is 22.6 Å². The molecule has 0 spiro atoms. The lowest BCUT2D eigenvalue weighted by Crippen LogP contribution is -1.93. The lowest BCUT2D eigenvalue weighted by molar-refractivity contribution is 0.628. The number of hydrogen-bond acceptors (Lipinski definition) is 2. The Morgan fingerprint density at radius 1 is 1.15 bits per heavy atom. The van der Waals surface area contributed by atoms with Gasteiger partial charge < -0.3 is 5.73 Å². The highest BCUT2D eigenvalue weighted by Gasteiger charge is 2.11. The monoisotopic (exact) mass is 287 g/mol. The second kappa shape index (κ2) is 4.98. The number of halogens is 2. The number of anilines is 1. The highest BCUT2D eigenvalue weighted by molar-refractivity contribution is 6.33. The molecule has 0 amide bonds. The van der Waals surface area contributed by atoms with Gasteiger partial charge in [-0.2, -0.15) is 5.10 Å². The topological polar surface area (TPSA) is 43.8 Å². The number of hydrogen-bond donors (Lipinski definition) is 1. The van der Waals surface area contributed by atoms with Crippen LogP contribution in [-0.4, -0.2) is 9.78 Å². The average Bonchev–Trinajstić information content (AvgIpc) is 2.93. The molecule has 1 aromatic heterocycles. The van der Waals surface area contributed by atoms with Crippen molar-refractivity contribution in [3.8, 4) is 16.8 Å². The Morgan fingerprint density at radius 3 is 2.65 bits per heavy atom. The molecule has 0 aliphatic rings. The van der Waals surface area contributed by atoms with Crippen LogP contribution in [0.1, 0.15) is 0 Å². The van der Waals surface area contributed by atoms with E-state index in [1.165, 1.54) is 12.1 Å². The molecular formula is C15H11ClFN3. The summed E-state index contributed by atoms with van der Waals surface area (Å²) in [6.45, 7) is 0. The van der Waals surface area contributed by atoms with Crippen molar-refractivity contribution in [3.05, 3.63) is 65.7 Å². The van der Waals surface area contributed by atoms with Gasteiger partial charge in [-0.05, 0) is 24.3 Å². The summed E-state index contributed by atoms with van der Waals surface area (Å²) >= 11 is 5.90. The normalized spacial score (nSPS) is 10.7. The smallest absolute Gasteiger partial charge is 0.125 e. The van der Waals surface area contributed by atoms with Gasteiger partial charge in [0.15, 0.2) is 0 Å². The fourth-order valence-electron chi connectivity index (χ4n) is 2.01. The summed E-state index contributed by atoms with van der Waals surface area (Å²) in [5, 5.41) is 4.46. The largest absolute Gasteiger partial charge is 0.397 e. The van der Waals surface area contributed by atoms with Crippen LogP contribution in [-0.2, 0) is 0 Å². The molecule has 2 aromatic carbocycles. The van der Waals surface area contributed by atoms with Crippen LogP contribution < -0.4 is 5.73 Å². The lowest BCUT2D eigenvalue weighted by Gasteiger charge is -2.05. The van der Waals surface area contributed by atoms with Crippen LogP contribution in [0.2, 0.25) is 5.02 Å². The van der Waals surface area contributed by atoms with Crippen LogP contribution >= 0.6 is 11.6 Å². The van der Waals surface area contributed by atoms with E-state index < -0.39 is 5.82 Å². The zero-order chi connectivity index (χ0) is 14.1. The molecular weight excluding hydrogens is 277 g/mol. The molecule has 3 nitrogen and oxygen atoms in total. The van der Waals surface area contributed by atoms with Crippen LogP contribution in [0.3, 0.4) is 0 Å². The summed E-state index contributed by atoms with van der Waals surface area (Å²) in [6, 6.07) is 12.2. The highest BCUT2D eigenvalue weighted by atomic mass is 35.5. The molecule has 0 bridgehead atoms. The lowest BCUT2D eigenvalue weighted by atomic mass is 10.1. The van der Waals surface area contributed by atoms with E-state index in [1.807, 2.05) is 30.3 Å². The molecule has 20 heavy (non-hydrogen) atoms. The maximum absolute atomic E-state index is 13.5. The molecule has 0 fully saturated rings. The van der Waals surface area contributed by atoms with Crippen molar-refractivity contribution in [2.75, 3.05) is 5.73 Å². The molecule has 0 unspecified atom stereocenters. The molecule has 0 radical (unpaired) electrons. The number of nitrogens with zero attached hydrogens (tertiary/aromatic N) is 2. The Hall–Kier alpha value is -2.33. The SMILES string of the molecule is Nc1c(Cl)cc(F)cc1-c1cnn(-c2ccccc2)c1. The van der Waals surface area contributed by atoms with Gasteiger partial charge in [-0.25, -0.2) is 9.07 Å². The number of aromatic nitrogens is 2. The van der Waals surface area contributed by atoms with E-state index >= 15 is 0 Å². The molecule has 3 aromatic rings. The van der Waals surface area contributed by atoms with Gasteiger partial charge in [-0.15, -0.1) is 0 Å². The van der Waals surface area contributed by atoms with Crippen molar-refractivity contribution in [3.63, 3.8) is 0 Å². The minimum Gasteiger partial charge on any atom is -0.397 e. The second-order valence-electron chi connectivity index (χ2n) is 4.36. The number of nitrogen functional groups attached to an aromatic ring is 1. The molecule has 2 N–H and O–H groups in total. The Morgan fingerprint density at radius 2 is 1.90 bits per heavy atom. The fraction of sp³-hybridized carbons (Fsp3) is 0. The highest BCUT2D eigenvalue weighted by Crippen LogP contribution is 2.32. The summed E-state index contributed by atoms with van der Waals surface area (Å²) in [5.74, 6) is -0.424. The summed E-state index contributed by atoms with van der Waals surface area (Å²) in [7, 11) is 0. The molecule has 3 rings (SSSR count). The maximum Gasteiger partial charge on any atom is 0.125 e. The first kappa shape index (κ1) is 12.7.